The SMILES string of the molecule is Nc1c(-n2cc([N+](=O)[O-])c(C(=O)O)n2)nc[nH]c1=O. The van der Waals surface area contributed by atoms with Gasteiger partial charge in [-0.15, -0.1) is 0 Å². The highest BCUT2D eigenvalue weighted by Gasteiger charge is 2.26. The number of carboxylic acids is 1. The zero-order valence-electron chi connectivity index (χ0n) is 9.10. The zero-order valence-corrected chi connectivity index (χ0v) is 9.10. The molecule has 0 aliphatic heterocycles. The second kappa shape index (κ2) is 4.21. The van der Waals surface area contributed by atoms with Gasteiger partial charge in [-0.05, 0) is 0 Å². The van der Waals surface area contributed by atoms with Crippen LogP contribution >= 0.6 is 0 Å². The number of hydrogen-bond acceptors (Lipinski definition) is 7. The first-order valence-corrected chi connectivity index (χ1v) is 4.72. The second-order valence-corrected chi connectivity index (χ2v) is 3.34. The van der Waals surface area contributed by atoms with Gasteiger partial charge in [0.15, 0.2) is 5.82 Å². The first-order chi connectivity index (χ1) is 8.91. The van der Waals surface area contributed by atoms with Crippen LogP contribution in [0.2, 0.25) is 0 Å². The number of carbonyl (C=O) groups is 1. The predicted octanol–water partition coefficient (Wildman–Crippen LogP) is -0.856. The number of nitro groups is 1. The minimum Gasteiger partial charge on any atom is -0.476 e. The van der Waals surface area contributed by atoms with E-state index in [1.165, 1.54) is 0 Å². The van der Waals surface area contributed by atoms with Crippen molar-refractivity contribution in [1.82, 2.24) is 19.7 Å². The molecule has 2 aromatic heterocycles. The minimum absolute atomic E-state index is 0.195. The molecule has 0 bridgehead atoms. The number of nitrogens with one attached hydrogen (secondary N) is 1. The average molecular weight is 266 g/mol. The van der Waals surface area contributed by atoms with Gasteiger partial charge in [-0.3, -0.25) is 14.9 Å². The molecule has 0 aromatic carbocycles. The van der Waals surface area contributed by atoms with Crippen LogP contribution < -0.4 is 11.3 Å². The molecule has 4 N–H and O–H groups in total. The number of H-pyrrole nitrogens is 1. The molecule has 0 unspecified atom stereocenters. The van der Waals surface area contributed by atoms with E-state index < -0.39 is 27.8 Å². The number of hydrogen-bond donors (Lipinski definition) is 3. The summed E-state index contributed by atoms with van der Waals surface area (Å²) >= 11 is 0. The topological polar surface area (TPSA) is 170 Å². The van der Waals surface area contributed by atoms with Crippen molar-refractivity contribution in [2.45, 2.75) is 0 Å². The number of aromatic amines is 1. The van der Waals surface area contributed by atoms with E-state index in [1.54, 1.807) is 0 Å². The van der Waals surface area contributed by atoms with Gasteiger partial charge in [-0.25, -0.2) is 14.5 Å². The number of aromatic nitrogens is 4. The molecule has 2 aromatic rings. The van der Waals surface area contributed by atoms with Crippen molar-refractivity contribution in [2.75, 3.05) is 5.73 Å². The molecule has 0 amide bonds. The van der Waals surface area contributed by atoms with Crippen molar-refractivity contribution in [3.8, 4) is 5.82 Å². The number of nitrogen functional groups attached to an aromatic ring is 1. The fraction of sp³-hybridized carbons (Fsp3) is 0. The zero-order chi connectivity index (χ0) is 14.2. The van der Waals surface area contributed by atoms with Crippen LogP contribution in [0.3, 0.4) is 0 Å². The monoisotopic (exact) mass is 266 g/mol. The lowest BCUT2D eigenvalue weighted by Crippen LogP contribution is -2.17. The highest BCUT2D eigenvalue weighted by Crippen LogP contribution is 2.19. The number of aromatic carboxylic acids is 1. The summed E-state index contributed by atoms with van der Waals surface area (Å²) in [5.41, 5.74) is 2.94. The summed E-state index contributed by atoms with van der Waals surface area (Å²) in [6, 6.07) is 0. The Labute approximate surface area is 103 Å². The van der Waals surface area contributed by atoms with Crippen LogP contribution in [0.4, 0.5) is 11.4 Å². The van der Waals surface area contributed by atoms with E-state index in [-0.39, 0.29) is 11.5 Å². The Bertz CT molecular complexity index is 700. The number of carboxylic acid groups (broad SMARTS) is 1. The van der Waals surface area contributed by atoms with Crippen molar-refractivity contribution >= 4 is 17.3 Å². The van der Waals surface area contributed by atoms with Gasteiger partial charge >= 0.3 is 11.7 Å². The van der Waals surface area contributed by atoms with Gasteiger partial charge in [-0.2, -0.15) is 5.10 Å². The van der Waals surface area contributed by atoms with Gasteiger partial charge in [0.2, 0.25) is 5.69 Å². The minimum atomic E-state index is -1.58. The molecule has 0 saturated carbocycles. The molecule has 11 heteroatoms. The summed E-state index contributed by atoms with van der Waals surface area (Å²) in [5, 5.41) is 23.0. The van der Waals surface area contributed by atoms with Crippen molar-refractivity contribution in [3.05, 3.63) is 38.7 Å². The first kappa shape index (κ1) is 12.2. The maximum Gasteiger partial charge on any atom is 0.363 e. The van der Waals surface area contributed by atoms with Gasteiger partial charge < -0.3 is 15.8 Å². The Morgan fingerprint density at radius 1 is 1.58 bits per heavy atom. The summed E-state index contributed by atoms with van der Waals surface area (Å²) in [7, 11) is 0. The maximum atomic E-state index is 11.3. The van der Waals surface area contributed by atoms with Gasteiger partial charge in [0, 0.05) is 0 Å². The normalized spacial score (nSPS) is 10.3. The summed E-state index contributed by atoms with van der Waals surface area (Å²) < 4.78 is 0.770. The third kappa shape index (κ3) is 1.99. The molecule has 0 fully saturated rings. The lowest BCUT2D eigenvalue weighted by Gasteiger charge is -2.01. The third-order valence-corrected chi connectivity index (χ3v) is 2.18. The average Bonchev–Trinajstić information content (AvgIpc) is 2.77. The number of rotatable bonds is 3. The highest BCUT2D eigenvalue weighted by molar-refractivity contribution is 5.90. The van der Waals surface area contributed by atoms with Crippen LogP contribution in [-0.2, 0) is 0 Å². The lowest BCUT2D eigenvalue weighted by atomic mass is 10.4. The Hall–Kier alpha value is -3.24. The Morgan fingerprint density at radius 3 is 2.79 bits per heavy atom. The van der Waals surface area contributed by atoms with E-state index in [0.717, 1.165) is 17.2 Å². The Kier molecular flexibility index (Phi) is 2.71. The van der Waals surface area contributed by atoms with Crippen LogP contribution in [0.25, 0.3) is 5.82 Å². The van der Waals surface area contributed by atoms with Gasteiger partial charge in [0.1, 0.15) is 11.9 Å². The maximum absolute atomic E-state index is 11.3. The van der Waals surface area contributed by atoms with Crippen molar-refractivity contribution in [2.24, 2.45) is 0 Å². The van der Waals surface area contributed by atoms with E-state index in [2.05, 4.69) is 15.1 Å². The molecule has 0 saturated heterocycles. The Balaban J connectivity index is 2.68. The molecule has 0 aliphatic carbocycles. The van der Waals surface area contributed by atoms with Gasteiger partial charge in [0.25, 0.3) is 5.56 Å². The molecule has 0 radical (unpaired) electrons. The lowest BCUT2D eigenvalue weighted by molar-refractivity contribution is -0.385. The van der Waals surface area contributed by atoms with Gasteiger partial charge in [-0.1, -0.05) is 0 Å². The molecule has 0 atom stereocenters. The molecule has 0 spiro atoms. The van der Waals surface area contributed by atoms with Crippen molar-refractivity contribution in [3.63, 3.8) is 0 Å². The largest absolute Gasteiger partial charge is 0.476 e. The summed E-state index contributed by atoms with van der Waals surface area (Å²) in [5.74, 6) is -1.77. The second-order valence-electron chi connectivity index (χ2n) is 3.34. The predicted molar refractivity (Wildman–Crippen MR) is 60.0 cm³/mol. The fourth-order valence-electron chi connectivity index (χ4n) is 1.34. The molecule has 19 heavy (non-hydrogen) atoms. The molecule has 2 rings (SSSR count). The van der Waals surface area contributed by atoms with Crippen LogP contribution in [0.1, 0.15) is 10.5 Å². The van der Waals surface area contributed by atoms with Crippen molar-refractivity contribution < 1.29 is 14.8 Å². The molecule has 11 nitrogen and oxygen atoms in total. The molecular weight excluding hydrogens is 260 g/mol. The van der Waals surface area contributed by atoms with Crippen LogP contribution in [0, 0.1) is 10.1 Å². The number of nitrogens with zero attached hydrogens (tertiary/aromatic N) is 4. The summed E-state index contributed by atoms with van der Waals surface area (Å²) in [6.45, 7) is 0. The van der Waals surface area contributed by atoms with E-state index in [4.69, 9.17) is 10.8 Å². The third-order valence-electron chi connectivity index (χ3n) is 2.18. The van der Waals surface area contributed by atoms with Crippen LogP contribution in [0.15, 0.2) is 17.3 Å². The highest BCUT2D eigenvalue weighted by atomic mass is 16.6. The summed E-state index contributed by atoms with van der Waals surface area (Å²) in [4.78, 5) is 37.7. The number of nitrogens with two attached hydrogens (primary N) is 1. The molecular formula is C8H6N6O5. The molecule has 0 aliphatic rings. The van der Waals surface area contributed by atoms with Crippen LogP contribution in [0.5, 0.6) is 0 Å². The summed E-state index contributed by atoms with van der Waals surface area (Å²) in [6.07, 6.45) is 1.84. The van der Waals surface area contributed by atoms with Gasteiger partial charge in [0.05, 0.1) is 11.3 Å². The number of anilines is 1. The Morgan fingerprint density at radius 2 is 2.26 bits per heavy atom. The smallest absolute Gasteiger partial charge is 0.363 e. The molecule has 98 valence electrons. The first-order valence-electron chi connectivity index (χ1n) is 4.72. The van der Waals surface area contributed by atoms with E-state index >= 15 is 0 Å². The van der Waals surface area contributed by atoms with E-state index in [0.29, 0.717) is 0 Å². The van der Waals surface area contributed by atoms with Crippen molar-refractivity contribution in [1.29, 1.82) is 0 Å². The van der Waals surface area contributed by atoms with Crippen LogP contribution in [-0.4, -0.2) is 35.7 Å². The fourth-order valence-corrected chi connectivity index (χ4v) is 1.34. The quantitative estimate of drug-likeness (QED) is 0.475. The standard InChI is InChI=1S/C8H6N6O5/c9-4-6(10-2-11-7(4)15)13-1-3(14(18)19)5(12-13)8(16)17/h1-2H,9H2,(H,16,17)(H,10,11,15). The molecule has 2 heterocycles. The van der Waals surface area contributed by atoms with E-state index in [9.17, 15) is 19.7 Å². The van der Waals surface area contributed by atoms with E-state index in [1.807, 2.05) is 0 Å².